The topological polar surface area (TPSA) is 162 Å². The van der Waals surface area contributed by atoms with E-state index in [0.29, 0.717) is 19.4 Å². The predicted molar refractivity (Wildman–Crippen MR) is 191 cm³/mol. The number of aromatic nitrogens is 1. The summed E-state index contributed by atoms with van der Waals surface area (Å²) in [5, 5.41) is 8.14. The molecule has 2 unspecified atom stereocenters. The molecule has 3 amide bonds. The molecule has 3 N–H and O–H groups in total. The van der Waals surface area contributed by atoms with Crippen LogP contribution < -0.4 is 16.0 Å². The van der Waals surface area contributed by atoms with Gasteiger partial charge in [-0.15, -0.1) is 0 Å². The van der Waals surface area contributed by atoms with Crippen LogP contribution in [0, 0.1) is 0 Å². The molecule has 270 valence electrons. The van der Waals surface area contributed by atoms with Gasteiger partial charge in [0.05, 0.1) is 7.11 Å². The molecular weight excluding hydrogens is 652 g/mol. The number of fused-ring (bicyclic) bond motifs is 3. The minimum absolute atomic E-state index is 0.0481. The standard InChI is InChI=1S/C39H46N4O8/c1-39(2,3)51-37(47)33(19-21-35(45)49-4)42-36(46)32(17-9-10-23-41-34(44)20-18-26-12-11-22-40-24-26)43-38(48)50-25-31-29-15-7-5-13-27(29)28-14-6-8-16-30(28)31/h5-8,11-16,18,20,22,24,31-33H,9-10,17,19,21,23,25H2,1-4H3,(H,41,44)(H,42,46)(H,43,48)/b20-18+. The smallest absolute Gasteiger partial charge is 0.407 e. The first-order valence-electron chi connectivity index (χ1n) is 17.0. The fourth-order valence-electron chi connectivity index (χ4n) is 5.70. The van der Waals surface area contributed by atoms with Crippen LogP contribution in [0.4, 0.5) is 4.79 Å². The van der Waals surface area contributed by atoms with Gasteiger partial charge < -0.3 is 30.2 Å². The van der Waals surface area contributed by atoms with Crippen molar-refractivity contribution in [3.63, 3.8) is 0 Å². The number of unbranched alkanes of at least 4 members (excludes halogenated alkanes) is 1. The third-order valence-corrected chi connectivity index (χ3v) is 8.16. The summed E-state index contributed by atoms with van der Waals surface area (Å²) < 4.78 is 15.9. The number of carbonyl (C=O) groups is 5. The molecule has 2 aromatic carbocycles. The van der Waals surface area contributed by atoms with Crippen LogP contribution >= 0.6 is 0 Å². The molecule has 0 spiro atoms. The predicted octanol–water partition coefficient (Wildman–Crippen LogP) is 5.07. The maximum absolute atomic E-state index is 13.7. The summed E-state index contributed by atoms with van der Waals surface area (Å²) in [7, 11) is 1.23. The summed E-state index contributed by atoms with van der Waals surface area (Å²) >= 11 is 0. The second kappa shape index (κ2) is 18.5. The number of methoxy groups -OCH3 is 1. The van der Waals surface area contributed by atoms with Crippen LogP contribution in [-0.2, 0) is 33.4 Å². The van der Waals surface area contributed by atoms with Crippen molar-refractivity contribution in [1.29, 1.82) is 0 Å². The van der Waals surface area contributed by atoms with Gasteiger partial charge in [-0.05, 0) is 86.4 Å². The van der Waals surface area contributed by atoms with Gasteiger partial charge in [0.15, 0.2) is 0 Å². The molecule has 4 rings (SSSR count). The Balaban J connectivity index is 1.40. The number of pyridine rings is 1. The number of hydrogen-bond acceptors (Lipinski definition) is 9. The highest BCUT2D eigenvalue weighted by atomic mass is 16.6. The van der Waals surface area contributed by atoms with Gasteiger partial charge in [0.1, 0.15) is 24.3 Å². The van der Waals surface area contributed by atoms with E-state index >= 15 is 0 Å². The van der Waals surface area contributed by atoms with E-state index < -0.39 is 41.6 Å². The lowest BCUT2D eigenvalue weighted by Crippen LogP contribution is -2.52. The van der Waals surface area contributed by atoms with Crippen LogP contribution in [0.15, 0.2) is 79.1 Å². The molecule has 0 saturated heterocycles. The first kappa shape index (κ1) is 38.3. The first-order valence-corrected chi connectivity index (χ1v) is 17.0. The summed E-state index contributed by atoms with van der Waals surface area (Å²) in [5.74, 6) is -2.38. The molecule has 0 saturated carbocycles. The van der Waals surface area contributed by atoms with E-state index in [4.69, 9.17) is 14.2 Å². The molecule has 12 heteroatoms. The van der Waals surface area contributed by atoms with E-state index in [1.54, 1.807) is 45.3 Å². The quantitative estimate of drug-likeness (QED) is 0.0803. The Kier molecular flexibility index (Phi) is 13.9. The lowest BCUT2D eigenvalue weighted by molar-refractivity contribution is -0.159. The maximum atomic E-state index is 13.7. The minimum atomic E-state index is -1.17. The number of esters is 2. The van der Waals surface area contributed by atoms with E-state index in [0.717, 1.165) is 27.8 Å². The summed E-state index contributed by atoms with van der Waals surface area (Å²) in [6, 6.07) is 17.3. The highest BCUT2D eigenvalue weighted by Gasteiger charge is 2.32. The Hall–Kier alpha value is -5.52. The van der Waals surface area contributed by atoms with Crippen LogP contribution in [0.5, 0.6) is 0 Å². The summed E-state index contributed by atoms with van der Waals surface area (Å²) in [4.78, 5) is 68.1. The lowest BCUT2D eigenvalue weighted by atomic mass is 9.98. The zero-order valence-corrected chi connectivity index (χ0v) is 29.5. The van der Waals surface area contributed by atoms with Gasteiger partial charge in [-0.3, -0.25) is 19.4 Å². The Morgan fingerprint density at radius 1 is 0.863 bits per heavy atom. The highest BCUT2D eigenvalue weighted by Crippen LogP contribution is 2.44. The molecule has 1 aliphatic rings. The van der Waals surface area contributed by atoms with Gasteiger partial charge in [-0.25, -0.2) is 9.59 Å². The van der Waals surface area contributed by atoms with E-state index in [1.807, 2.05) is 54.6 Å². The lowest BCUT2D eigenvalue weighted by Gasteiger charge is -2.26. The van der Waals surface area contributed by atoms with Crippen LogP contribution in [-0.4, -0.2) is 72.8 Å². The second-order valence-electron chi connectivity index (χ2n) is 13.1. The van der Waals surface area contributed by atoms with E-state index in [2.05, 4.69) is 20.9 Å². The molecular formula is C39H46N4O8. The molecule has 0 fully saturated rings. The van der Waals surface area contributed by atoms with Gasteiger partial charge in [0, 0.05) is 37.4 Å². The highest BCUT2D eigenvalue weighted by molar-refractivity contribution is 5.92. The number of ether oxygens (including phenoxy) is 3. The number of nitrogens with zero attached hydrogens (tertiary/aromatic N) is 1. The minimum Gasteiger partial charge on any atom is -0.469 e. The van der Waals surface area contributed by atoms with Gasteiger partial charge >= 0.3 is 18.0 Å². The molecule has 0 aliphatic heterocycles. The number of carbonyl (C=O) groups excluding carboxylic acids is 5. The Bertz CT molecular complexity index is 1660. The number of hydrogen-bond donors (Lipinski definition) is 3. The molecule has 1 aromatic heterocycles. The van der Waals surface area contributed by atoms with E-state index in [1.165, 1.54) is 13.2 Å². The van der Waals surface area contributed by atoms with Crippen molar-refractivity contribution in [3.8, 4) is 11.1 Å². The zero-order chi connectivity index (χ0) is 36.8. The normalized spacial score (nSPS) is 13.3. The van der Waals surface area contributed by atoms with Gasteiger partial charge in [0.2, 0.25) is 11.8 Å². The third-order valence-electron chi connectivity index (χ3n) is 8.16. The average molecular weight is 699 g/mol. The molecule has 1 heterocycles. The second-order valence-corrected chi connectivity index (χ2v) is 13.1. The van der Waals surface area contributed by atoms with Gasteiger partial charge in [-0.2, -0.15) is 0 Å². The Morgan fingerprint density at radius 2 is 1.55 bits per heavy atom. The molecule has 51 heavy (non-hydrogen) atoms. The number of benzene rings is 2. The summed E-state index contributed by atoms with van der Waals surface area (Å²) in [6.07, 6.45) is 6.47. The largest absolute Gasteiger partial charge is 0.469 e. The fourth-order valence-corrected chi connectivity index (χ4v) is 5.70. The number of nitrogens with one attached hydrogen (secondary N) is 3. The number of alkyl carbamates (subject to hydrolysis) is 1. The van der Waals surface area contributed by atoms with Crippen molar-refractivity contribution in [2.75, 3.05) is 20.3 Å². The first-order chi connectivity index (χ1) is 24.4. The van der Waals surface area contributed by atoms with Crippen molar-refractivity contribution in [3.05, 3.63) is 95.8 Å². The van der Waals surface area contributed by atoms with Gasteiger partial charge in [0.25, 0.3) is 0 Å². The third kappa shape index (κ3) is 11.8. The zero-order valence-electron chi connectivity index (χ0n) is 29.5. The Labute approximate surface area is 298 Å². The molecule has 2 atom stereocenters. The van der Waals surface area contributed by atoms with Crippen LogP contribution in [0.1, 0.15) is 75.5 Å². The summed E-state index contributed by atoms with van der Waals surface area (Å²) in [6.45, 7) is 5.46. The molecule has 12 nitrogen and oxygen atoms in total. The van der Waals surface area contributed by atoms with Crippen molar-refractivity contribution in [2.24, 2.45) is 0 Å². The number of rotatable bonds is 16. The van der Waals surface area contributed by atoms with Crippen molar-refractivity contribution < 1.29 is 38.2 Å². The van der Waals surface area contributed by atoms with Crippen LogP contribution in [0.25, 0.3) is 17.2 Å². The Morgan fingerprint density at radius 3 is 2.18 bits per heavy atom. The van der Waals surface area contributed by atoms with Gasteiger partial charge in [-0.1, -0.05) is 54.6 Å². The number of amides is 3. The molecule has 0 radical (unpaired) electrons. The molecule has 3 aromatic rings. The van der Waals surface area contributed by atoms with Crippen LogP contribution in [0.3, 0.4) is 0 Å². The van der Waals surface area contributed by atoms with Crippen molar-refractivity contribution in [2.45, 2.75) is 76.5 Å². The van der Waals surface area contributed by atoms with E-state index in [-0.39, 0.29) is 37.7 Å². The molecule has 1 aliphatic carbocycles. The van der Waals surface area contributed by atoms with Crippen molar-refractivity contribution in [1.82, 2.24) is 20.9 Å². The van der Waals surface area contributed by atoms with E-state index in [9.17, 15) is 24.0 Å². The molecule has 0 bridgehead atoms. The SMILES string of the molecule is COC(=O)CCC(NC(=O)C(CCCCNC(=O)/C=C/c1cccnc1)NC(=O)OCC1c2ccccc2-c2ccccc21)C(=O)OC(C)(C)C. The maximum Gasteiger partial charge on any atom is 0.407 e. The average Bonchev–Trinajstić information content (AvgIpc) is 3.43. The van der Waals surface area contributed by atoms with Crippen molar-refractivity contribution >= 4 is 35.9 Å². The fraction of sp³-hybridized carbons (Fsp3) is 0.385. The van der Waals surface area contributed by atoms with Crippen LogP contribution in [0.2, 0.25) is 0 Å². The summed E-state index contributed by atoms with van der Waals surface area (Å²) in [5.41, 5.74) is 4.20. The monoisotopic (exact) mass is 698 g/mol.